The number of benzene rings is 4. The molecule has 0 atom stereocenters. The van der Waals surface area contributed by atoms with Crippen LogP contribution in [0.3, 0.4) is 0 Å². The zero-order valence-corrected chi connectivity index (χ0v) is 41.9. The van der Waals surface area contributed by atoms with Gasteiger partial charge in [-0.1, -0.05) is 167 Å². The molecule has 0 heterocycles. The SMILES string of the molecule is CCc1ccccc1-c1c(C(C)(C)C)ccc2[cH-]c(CC(C)C)cc12.CCc1ccccc1-c1c(C(C)(C)C)ccc2[cH-]c(CC(C)C)cc12.C[Si]C.[Cl][Zr+2][Cl]. The molecule has 6 rings (SSSR count). The molecule has 6 aromatic rings. The van der Waals surface area contributed by atoms with Crippen LogP contribution in [0.15, 0.2) is 97.1 Å². The van der Waals surface area contributed by atoms with E-state index in [-0.39, 0.29) is 10.8 Å². The Labute approximate surface area is 363 Å². The third-order valence-electron chi connectivity index (χ3n) is 10.1. The normalized spacial score (nSPS) is 11.5. The van der Waals surface area contributed by atoms with Gasteiger partial charge >= 0.3 is 37.9 Å². The molecule has 6 aromatic carbocycles. The van der Waals surface area contributed by atoms with Crippen molar-refractivity contribution in [3.8, 4) is 22.3 Å². The van der Waals surface area contributed by atoms with Crippen LogP contribution >= 0.6 is 17.0 Å². The molecule has 0 saturated heterocycles. The van der Waals surface area contributed by atoms with E-state index in [1.165, 1.54) is 77.2 Å². The predicted molar refractivity (Wildman–Crippen MR) is 252 cm³/mol. The molecule has 0 aliphatic rings. The molecule has 4 heteroatoms. The standard InChI is InChI=1S/2C25H31.C2H6Si.2ClH.Zr/c2*1-7-19-10-8-9-11-21(19)24-22-16-18(14-17(2)3)15-20(22)12-13-23(24)25(4,5)6;1-3-2;;;/h2*8-13,15-17H,7,14H2,1-6H3;1-2H3;2*1H;/q2*-1;;;;+4/p-2. The summed E-state index contributed by atoms with van der Waals surface area (Å²) < 4.78 is 0. The molecule has 0 N–H and O–H groups in total. The molecule has 56 heavy (non-hydrogen) atoms. The third kappa shape index (κ3) is 12.9. The number of rotatable bonds is 8. The molecule has 0 aliphatic carbocycles. The Bertz CT molecular complexity index is 1950. The first-order chi connectivity index (χ1) is 26.4. The van der Waals surface area contributed by atoms with E-state index < -0.39 is 20.8 Å². The van der Waals surface area contributed by atoms with Crippen LogP contribution < -0.4 is 0 Å². The maximum atomic E-state index is 4.93. The molecular weight excluding hydrogens is 815 g/mol. The van der Waals surface area contributed by atoms with Crippen LogP contribution in [0.1, 0.15) is 116 Å². The summed E-state index contributed by atoms with van der Waals surface area (Å²) in [7, 11) is 11.0. The van der Waals surface area contributed by atoms with Gasteiger partial charge in [0.1, 0.15) is 0 Å². The van der Waals surface area contributed by atoms with E-state index in [4.69, 9.17) is 17.0 Å². The molecule has 0 saturated carbocycles. The van der Waals surface area contributed by atoms with Gasteiger partial charge in [-0.3, -0.25) is 0 Å². The summed E-state index contributed by atoms with van der Waals surface area (Å²) >= 11 is -0.826. The van der Waals surface area contributed by atoms with E-state index in [1.54, 1.807) is 0 Å². The summed E-state index contributed by atoms with van der Waals surface area (Å²) in [5, 5.41) is 5.60. The minimum absolute atomic E-state index is 0.125. The Morgan fingerprint density at radius 2 is 0.893 bits per heavy atom. The van der Waals surface area contributed by atoms with Crippen molar-refractivity contribution in [2.24, 2.45) is 11.8 Å². The molecule has 0 bridgehead atoms. The molecule has 2 radical (unpaired) electrons. The fourth-order valence-electron chi connectivity index (χ4n) is 7.84. The van der Waals surface area contributed by atoms with Crippen LogP contribution in [0.25, 0.3) is 43.8 Å². The van der Waals surface area contributed by atoms with Gasteiger partial charge in [-0.2, -0.15) is 12.1 Å². The number of halogens is 2. The van der Waals surface area contributed by atoms with Crippen LogP contribution in [0.2, 0.25) is 13.1 Å². The number of fused-ring (bicyclic) bond motifs is 2. The fraction of sp³-hybridized carbons (Fsp3) is 0.423. The van der Waals surface area contributed by atoms with Gasteiger partial charge in [-0.05, 0) is 70.6 Å². The summed E-state index contributed by atoms with van der Waals surface area (Å²) in [6, 6.07) is 36.8. The van der Waals surface area contributed by atoms with E-state index in [2.05, 4.69) is 193 Å². The van der Waals surface area contributed by atoms with Crippen molar-refractivity contribution in [2.75, 3.05) is 0 Å². The van der Waals surface area contributed by atoms with Gasteiger partial charge in [0.15, 0.2) is 0 Å². The Morgan fingerprint density at radius 1 is 0.571 bits per heavy atom. The van der Waals surface area contributed by atoms with Gasteiger partial charge in [0.05, 0.1) is 0 Å². The van der Waals surface area contributed by atoms with Crippen molar-refractivity contribution in [3.05, 3.63) is 130 Å². The molecule has 0 aromatic heterocycles. The zero-order valence-electron chi connectivity index (χ0n) is 37.0. The molecule has 0 aliphatic heterocycles. The third-order valence-corrected chi connectivity index (χ3v) is 10.1. The first kappa shape index (κ1) is 48.2. The van der Waals surface area contributed by atoms with Gasteiger partial charge in [0, 0.05) is 9.52 Å². The Hall–Kier alpha value is -2.22. The second-order valence-corrected chi connectivity index (χ2v) is 22.7. The van der Waals surface area contributed by atoms with Crippen molar-refractivity contribution in [3.63, 3.8) is 0 Å². The summed E-state index contributed by atoms with van der Waals surface area (Å²) in [4.78, 5) is 0. The van der Waals surface area contributed by atoms with Crippen molar-refractivity contribution in [1.29, 1.82) is 0 Å². The van der Waals surface area contributed by atoms with Crippen molar-refractivity contribution in [2.45, 2.75) is 133 Å². The number of aryl methyl sites for hydroxylation is 2. The Balaban J connectivity index is 0.000000264. The first-order valence-corrected chi connectivity index (χ1v) is 28.9. The quantitative estimate of drug-likeness (QED) is 0.106. The molecule has 0 nitrogen and oxygen atoms in total. The Morgan fingerprint density at radius 3 is 1.18 bits per heavy atom. The average molecular weight is 883 g/mol. The molecule has 0 spiro atoms. The molecule has 298 valence electrons. The van der Waals surface area contributed by atoms with E-state index in [0.717, 1.165) is 35.2 Å². The molecule has 0 fully saturated rings. The van der Waals surface area contributed by atoms with Crippen LogP contribution in [-0.4, -0.2) is 9.52 Å². The predicted octanol–water partition coefficient (Wildman–Crippen LogP) is 16.7. The average Bonchev–Trinajstić information content (AvgIpc) is 3.73. The molecule has 0 unspecified atom stereocenters. The maximum absolute atomic E-state index is 4.93. The first-order valence-electron chi connectivity index (χ1n) is 20.6. The van der Waals surface area contributed by atoms with Crippen molar-refractivity contribution in [1.82, 2.24) is 0 Å². The van der Waals surface area contributed by atoms with Gasteiger partial charge in [0.2, 0.25) is 0 Å². The van der Waals surface area contributed by atoms with Crippen molar-refractivity contribution < 1.29 is 20.8 Å². The van der Waals surface area contributed by atoms with Gasteiger partial charge in [0.25, 0.3) is 0 Å². The second-order valence-electron chi connectivity index (χ2n) is 18.0. The van der Waals surface area contributed by atoms with E-state index >= 15 is 0 Å². The second kappa shape index (κ2) is 22.2. The summed E-state index contributed by atoms with van der Waals surface area (Å²) in [6.07, 6.45) is 4.42. The van der Waals surface area contributed by atoms with Gasteiger partial charge in [-0.25, -0.2) is 0 Å². The Kier molecular flexibility index (Phi) is 19.1. The minimum atomic E-state index is -0.826. The topological polar surface area (TPSA) is 0 Å². The zero-order chi connectivity index (χ0) is 41.8. The van der Waals surface area contributed by atoms with Gasteiger partial charge < -0.3 is 0 Å². The van der Waals surface area contributed by atoms with E-state index in [1.807, 2.05) is 0 Å². The summed E-state index contributed by atoms with van der Waals surface area (Å²) in [5.41, 5.74) is 14.6. The monoisotopic (exact) mass is 880 g/mol. The number of hydrogen-bond donors (Lipinski definition) is 0. The van der Waals surface area contributed by atoms with Crippen LogP contribution in [0.5, 0.6) is 0 Å². The number of hydrogen-bond acceptors (Lipinski definition) is 0. The van der Waals surface area contributed by atoms with E-state index in [9.17, 15) is 0 Å². The van der Waals surface area contributed by atoms with Crippen LogP contribution in [-0.2, 0) is 57.4 Å². The van der Waals surface area contributed by atoms with Crippen LogP contribution in [0, 0.1) is 11.8 Å². The van der Waals surface area contributed by atoms with E-state index in [0.29, 0.717) is 11.8 Å². The molecule has 0 amide bonds. The van der Waals surface area contributed by atoms with Crippen molar-refractivity contribution >= 4 is 48.1 Å². The van der Waals surface area contributed by atoms with Crippen LogP contribution in [0.4, 0.5) is 0 Å². The summed E-state index contributed by atoms with van der Waals surface area (Å²) in [5.74, 6) is 1.37. The fourth-order valence-corrected chi connectivity index (χ4v) is 7.84. The van der Waals surface area contributed by atoms with Gasteiger partial charge in [-0.15, -0.1) is 69.1 Å². The summed E-state index contributed by atoms with van der Waals surface area (Å²) in [6.45, 7) is 31.9. The molecular formula is C52H68Cl2SiZr.